The fourth-order valence-electron chi connectivity index (χ4n) is 1.83. The molecular weight excluding hydrogens is 282 g/mol. The van der Waals surface area contributed by atoms with E-state index in [1.165, 1.54) is 0 Å². The van der Waals surface area contributed by atoms with Gasteiger partial charge in [0.15, 0.2) is 0 Å². The molecule has 0 aliphatic rings. The first-order valence-corrected chi connectivity index (χ1v) is 7.76. The highest BCUT2D eigenvalue weighted by atomic mass is 32.2. The van der Waals surface area contributed by atoms with E-state index in [-0.39, 0.29) is 5.91 Å². The van der Waals surface area contributed by atoms with Crippen molar-refractivity contribution in [2.75, 3.05) is 5.32 Å². The predicted molar refractivity (Wildman–Crippen MR) is 86.6 cm³/mol. The molecule has 1 atom stereocenters. The van der Waals surface area contributed by atoms with Crippen molar-refractivity contribution in [3.63, 3.8) is 0 Å². The van der Waals surface area contributed by atoms with Crippen LogP contribution in [0.1, 0.15) is 19.8 Å². The Balaban J connectivity index is 2.05. The highest BCUT2D eigenvalue weighted by Gasteiger charge is 2.08. The Kier molecular flexibility index (Phi) is 5.84. The summed E-state index contributed by atoms with van der Waals surface area (Å²) in [5, 5.41) is 12.1. The van der Waals surface area contributed by atoms with Gasteiger partial charge in [0.05, 0.1) is 11.8 Å². The quantitative estimate of drug-likeness (QED) is 0.849. The Morgan fingerprint density at radius 3 is 2.52 bits per heavy atom. The maximum atomic E-state index is 11.9. The summed E-state index contributed by atoms with van der Waals surface area (Å²) in [7, 11) is 0. The van der Waals surface area contributed by atoms with Gasteiger partial charge in [-0.1, -0.05) is 42.1 Å². The van der Waals surface area contributed by atoms with Crippen LogP contribution in [-0.4, -0.2) is 17.1 Å². The normalized spacial score (nSPS) is 11.9. The molecule has 0 saturated heterocycles. The van der Waals surface area contributed by atoms with Gasteiger partial charge < -0.3 is 10.4 Å². The second-order valence-electron chi connectivity index (χ2n) is 4.85. The van der Waals surface area contributed by atoms with Crippen molar-refractivity contribution in [2.24, 2.45) is 0 Å². The zero-order valence-corrected chi connectivity index (χ0v) is 12.8. The zero-order chi connectivity index (χ0) is 15.1. The summed E-state index contributed by atoms with van der Waals surface area (Å²) in [5.74, 6) is -0.0722. The number of carbonyl (C=O) groups is 1. The molecule has 0 aliphatic heterocycles. The highest BCUT2D eigenvalue weighted by molar-refractivity contribution is 7.99. The SMILES string of the molecule is CC(O)CCC(=O)Nc1ccccc1Sc1ccccc1. The summed E-state index contributed by atoms with van der Waals surface area (Å²) in [6, 6.07) is 17.8. The number of aliphatic hydroxyl groups excluding tert-OH is 1. The van der Waals surface area contributed by atoms with Gasteiger partial charge in [0.2, 0.25) is 5.91 Å². The van der Waals surface area contributed by atoms with Crippen molar-refractivity contribution in [3.8, 4) is 0 Å². The van der Waals surface area contributed by atoms with Crippen molar-refractivity contribution in [3.05, 3.63) is 54.6 Å². The van der Waals surface area contributed by atoms with E-state index in [1.54, 1.807) is 18.7 Å². The van der Waals surface area contributed by atoms with Crippen molar-refractivity contribution in [2.45, 2.75) is 35.7 Å². The van der Waals surface area contributed by atoms with Crippen LogP contribution in [0.25, 0.3) is 0 Å². The van der Waals surface area contributed by atoms with Gasteiger partial charge in [-0.3, -0.25) is 4.79 Å². The molecule has 21 heavy (non-hydrogen) atoms. The summed E-state index contributed by atoms with van der Waals surface area (Å²) in [5.41, 5.74) is 0.807. The number of para-hydroxylation sites is 1. The van der Waals surface area contributed by atoms with E-state index in [2.05, 4.69) is 5.32 Å². The van der Waals surface area contributed by atoms with Crippen LogP contribution in [0.5, 0.6) is 0 Å². The lowest BCUT2D eigenvalue weighted by atomic mass is 10.2. The second kappa shape index (κ2) is 7.86. The molecule has 0 aromatic heterocycles. The first kappa shape index (κ1) is 15.6. The number of hydrogen-bond acceptors (Lipinski definition) is 3. The van der Waals surface area contributed by atoms with E-state index in [4.69, 9.17) is 0 Å². The molecule has 0 bridgehead atoms. The third-order valence-corrected chi connectivity index (χ3v) is 4.01. The van der Waals surface area contributed by atoms with Crippen LogP contribution in [0, 0.1) is 0 Å². The molecule has 1 unspecified atom stereocenters. The van der Waals surface area contributed by atoms with E-state index in [0.29, 0.717) is 12.8 Å². The first-order valence-electron chi connectivity index (χ1n) is 6.95. The fourth-order valence-corrected chi connectivity index (χ4v) is 2.75. The lowest BCUT2D eigenvalue weighted by Crippen LogP contribution is -2.14. The minimum Gasteiger partial charge on any atom is -0.393 e. The topological polar surface area (TPSA) is 49.3 Å². The summed E-state index contributed by atoms with van der Waals surface area (Å²) >= 11 is 1.62. The van der Waals surface area contributed by atoms with E-state index in [0.717, 1.165) is 15.5 Å². The Hall–Kier alpha value is -1.78. The number of hydrogen-bond donors (Lipinski definition) is 2. The molecule has 0 saturated carbocycles. The Morgan fingerprint density at radius 2 is 1.81 bits per heavy atom. The molecule has 2 rings (SSSR count). The Bertz CT molecular complexity index is 584. The largest absolute Gasteiger partial charge is 0.393 e. The van der Waals surface area contributed by atoms with Gasteiger partial charge in [0, 0.05) is 16.2 Å². The minimum atomic E-state index is -0.454. The molecule has 0 radical (unpaired) electrons. The molecular formula is C17H19NO2S. The van der Waals surface area contributed by atoms with Crippen molar-refractivity contribution >= 4 is 23.4 Å². The van der Waals surface area contributed by atoms with Crippen LogP contribution >= 0.6 is 11.8 Å². The third-order valence-electron chi connectivity index (χ3n) is 2.92. The number of carbonyl (C=O) groups excluding carboxylic acids is 1. The van der Waals surface area contributed by atoms with Crippen LogP contribution in [0.3, 0.4) is 0 Å². The Labute approximate surface area is 129 Å². The van der Waals surface area contributed by atoms with Gasteiger partial charge in [-0.15, -0.1) is 0 Å². The highest BCUT2D eigenvalue weighted by Crippen LogP contribution is 2.33. The summed E-state index contributed by atoms with van der Waals surface area (Å²) in [6.45, 7) is 1.69. The molecule has 2 aromatic carbocycles. The summed E-state index contributed by atoms with van der Waals surface area (Å²) in [6.07, 6.45) is 0.339. The van der Waals surface area contributed by atoms with Crippen molar-refractivity contribution < 1.29 is 9.90 Å². The zero-order valence-electron chi connectivity index (χ0n) is 12.0. The molecule has 0 spiro atoms. The van der Waals surface area contributed by atoms with E-state index in [1.807, 2.05) is 54.6 Å². The van der Waals surface area contributed by atoms with Gasteiger partial charge in [-0.05, 0) is 37.6 Å². The molecule has 110 valence electrons. The standard InChI is InChI=1S/C17H19NO2S/c1-13(19)11-12-17(20)18-15-9-5-6-10-16(15)21-14-7-3-2-4-8-14/h2-10,13,19H,11-12H2,1H3,(H,18,20). The van der Waals surface area contributed by atoms with Crippen LogP contribution in [0.4, 0.5) is 5.69 Å². The minimum absolute atomic E-state index is 0.0722. The molecule has 0 fully saturated rings. The molecule has 0 heterocycles. The maximum absolute atomic E-state index is 11.9. The predicted octanol–water partition coefficient (Wildman–Crippen LogP) is 3.94. The van der Waals surface area contributed by atoms with E-state index in [9.17, 15) is 9.90 Å². The van der Waals surface area contributed by atoms with Crippen LogP contribution < -0.4 is 5.32 Å². The molecule has 4 heteroatoms. The molecule has 3 nitrogen and oxygen atoms in total. The van der Waals surface area contributed by atoms with Crippen molar-refractivity contribution in [1.82, 2.24) is 0 Å². The summed E-state index contributed by atoms with van der Waals surface area (Å²) < 4.78 is 0. The maximum Gasteiger partial charge on any atom is 0.224 e. The second-order valence-corrected chi connectivity index (χ2v) is 5.96. The molecule has 1 amide bonds. The smallest absolute Gasteiger partial charge is 0.224 e. The molecule has 2 N–H and O–H groups in total. The van der Waals surface area contributed by atoms with Gasteiger partial charge in [-0.2, -0.15) is 0 Å². The lowest BCUT2D eigenvalue weighted by molar-refractivity contribution is -0.116. The summed E-state index contributed by atoms with van der Waals surface area (Å²) in [4.78, 5) is 14.0. The number of nitrogens with one attached hydrogen (secondary N) is 1. The van der Waals surface area contributed by atoms with Crippen LogP contribution in [-0.2, 0) is 4.79 Å². The van der Waals surface area contributed by atoms with Crippen LogP contribution in [0.15, 0.2) is 64.4 Å². The monoisotopic (exact) mass is 301 g/mol. The number of amides is 1. The van der Waals surface area contributed by atoms with Crippen LogP contribution in [0.2, 0.25) is 0 Å². The molecule has 2 aromatic rings. The number of anilines is 1. The van der Waals surface area contributed by atoms with Gasteiger partial charge >= 0.3 is 0 Å². The van der Waals surface area contributed by atoms with Gasteiger partial charge in [-0.25, -0.2) is 0 Å². The number of rotatable bonds is 6. The lowest BCUT2D eigenvalue weighted by Gasteiger charge is -2.11. The Morgan fingerprint density at radius 1 is 1.14 bits per heavy atom. The van der Waals surface area contributed by atoms with Gasteiger partial charge in [0.25, 0.3) is 0 Å². The number of benzene rings is 2. The van der Waals surface area contributed by atoms with E-state index < -0.39 is 6.10 Å². The number of aliphatic hydroxyl groups is 1. The molecule has 0 aliphatic carbocycles. The first-order chi connectivity index (χ1) is 10.1. The fraction of sp³-hybridized carbons (Fsp3) is 0.235. The third kappa shape index (κ3) is 5.25. The van der Waals surface area contributed by atoms with Gasteiger partial charge in [0.1, 0.15) is 0 Å². The van der Waals surface area contributed by atoms with E-state index >= 15 is 0 Å². The average Bonchev–Trinajstić information content (AvgIpc) is 2.48. The average molecular weight is 301 g/mol. The van der Waals surface area contributed by atoms with Crippen molar-refractivity contribution in [1.29, 1.82) is 0 Å².